The van der Waals surface area contributed by atoms with E-state index in [1.165, 1.54) is 0 Å². The number of benzene rings is 1. The highest BCUT2D eigenvalue weighted by Crippen LogP contribution is 2.21. The molecule has 10 nitrogen and oxygen atoms in total. The Morgan fingerprint density at radius 1 is 1.43 bits per heavy atom. The van der Waals surface area contributed by atoms with Crippen molar-refractivity contribution in [2.24, 2.45) is 0 Å². The second-order valence-electron chi connectivity index (χ2n) is 3.77. The van der Waals surface area contributed by atoms with Gasteiger partial charge in [0, 0.05) is 12.1 Å². The molecule has 0 saturated carbocycles. The average molecular weight is 292 g/mol. The molecule has 0 spiro atoms. The number of methoxy groups -OCH3 is 1. The zero-order valence-corrected chi connectivity index (χ0v) is 10.6. The number of hydrogen-bond donors (Lipinski definition) is 1. The maximum atomic E-state index is 11.3. The standard InChI is InChI=1S/C11H8N4O6/c1-21-11(18)9-12-5-14(13-9)8-4-6(15(19)20)2-3-7(8)10(16)17/h2-5H,1H3,(H,16,17). The molecule has 0 fully saturated rings. The van der Waals surface area contributed by atoms with E-state index in [-0.39, 0.29) is 22.8 Å². The van der Waals surface area contributed by atoms with E-state index in [0.717, 1.165) is 36.3 Å². The minimum absolute atomic E-state index is 0.0839. The third-order valence-electron chi connectivity index (χ3n) is 2.53. The lowest BCUT2D eigenvalue weighted by Gasteiger charge is -2.05. The Kier molecular flexibility index (Phi) is 3.61. The summed E-state index contributed by atoms with van der Waals surface area (Å²) in [6.45, 7) is 0. The van der Waals surface area contributed by atoms with Crippen molar-refractivity contribution in [2.45, 2.75) is 0 Å². The summed E-state index contributed by atoms with van der Waals surface area (Å²) in [5, 5.41) is 23.6. The number of carbonyl (C=O) groups excluding carboxylic acids is 1. The minimum Gasteiger partial charge on any atom is -0.478 e. The molecule has 0 bridgehead atoms. The van der Waals surface area contributed by atoms with Crippen LogP contribution in [-0.4, -0.2) is 43.8 Å². The fraction of sp³-hybridized carbons (Fsp3) is 0.0909. The summed E-state index contributed by atoms with van der Waals surface area (Å²) < 4.78 is 5.38. The molecule has 1 aromatic heterocycles. The number of carbonyl (C=O) groups is 2. The molecule has 1 aromatic carbocycles. The number of non-ortho nitro benzene ring substituents is 1. The molecule has 2 rings (SSSR count). The summed E-state index contributed by atoms with van der Waals surface area (Å²) in [5.74, 6) is -2.40. The number of ether oxygens (including phenoxy) is 1. The van der Waals surface area contributed by atoms with Crippen LogP contribution in [0.5, 0.6) is 0 Å². The van der Waals surface area contributed by atoms with Crippen LogP contribution in [0.4, 0.5) is 5.69 Å². The summed E-state index contributed by atoms with van der Waals surface area (Å²) in [4.78, 5) is 36.2. The van der Waals surface area contributed by atoms with Crippen molar-refractivity contribution in [3.8, 4) is 5.69 Å². The van der Waals surface area contributed by atoms with Gasteiger partial charge in [-0.05, 0) is 6.07 Å². The van der Waals surface area contributed by atoms with E-state index in [4.69, 9.17) is 5.11 Å². The first kappa shape index (κ1) is 14.1. The molecule has 0 aliphatic carbocycles. The number of rotatable bonds is 4. The molecule has 0 aliphatic heterocycles. The maximum absolute atomic E-state index is 11.3. The average Bonchev–Trinajstić information content (AvgIpc) is 2.95. The normalized spacial score (nSPS) is 10.1. The van der Waals surface area contributed by atoms with Crippen LogP contribution in [0.15, 0.2) is 24.5 Å². The van der Waals surface area contributed by atoms with Crippen molar-refractivity contribution in [2.75, 3.05) is 7.11 Å². The molecule has 0 aliphatic rings. The van der Waals surface area contributed by atoms with Crippen LogP contribution < -0.4 is 0 Å². The van der Waals surface area contributed by atoms with Crippen LogP contribution in [0.1, 0.15) is 21.0 Å². The number of nitro groups is 1. The van der Waals surface area contributed by atoms with E-state index in [2.05, 4.69) is 14.8 Å². The molecule has 21 heavy (non-hydrogen) atoms. The third-order valence-corrected chi connectivity index (χ3v) is 2.53. The van der Waals surface area contributed by atoms with Gasteiger partial charge in [0.15, 0.2) is 0 Å². The fourth-order valence-electron chi connectivity index (χ4n) is 1.57. The van der Waals surface area contributed by atoms with E-state index < -0.39 is 16.9 Å². The minimum atomic E-state index is -1.30. The molecule has 0 saturated heterocycles. The number of carboxylic acid groups (broad SMARTS) is 1. The lowest BCUT2D eigenvalue weighted by molar-refractivity contribution is -0.384. The first-order chi connectivity index (χ1) is 9.93. The molecule has 0 atom stereocenters. The van der Waals surface area contributed by atoms with Crippen molar-refractivity contribution in [1.82, 2.24) is 14.8 Å². The topological polar surface area (TPSA) is 137 Å². The number of aromatic carboxylic acids is 1. The highest BCUT2D eigenvalue weighted by molar-refractivity contribution is 5.92. The number of nitro benzene ring substituents is 1. The molecule has 10 heteroatoms. The van der Waals surface area contributed by atoms with Crippen molar-refractivity contribution >= 4 is 17.6 Å². The SMILES string of the molecule is COC(=O)c1ncn(-c2cc([N+](=O)[O-])ccc2C(=O)O)n1. The first-order valence-electron chi connectivity index (χ1n) is 5.46. The Morgan fingerprint density at radius 2 is 2.14 bits per heavy atom. The summed E-state index contributed by atoms with van der Waals surface area (Å²) in [6, 6.07) is 3.17. The molecule has 1 N–H and O–H groups in total. The lowest BCUT2D eigenvalue weighted by atomic mass is 10.1. The van der Waals surface area contributed by atoms with Gasteiger partial charge < -0.3 is 9.84 Å². The van der Waals surface area contributed by atoms with Crippen molar-refractivity contribution in [3.63, 3.8) is 0 Å². The van der Waals surface area contributed by atoms with Crippen molar-refractivity contribution < 1.29 is 24.4 Å². The van der Waals surface area contributed by atoms with Gasteiger partial charge in [0.05, 0.1) is 23.3 Å². The van der Waals surface area contributed by atoms with Gasteiger partial charge in [0.25, 0.3) is 11.5 Å². The van der Waals surface area contributed by atoms with Gasteiger partial charge in [-0.1, -0.05) is 0 Å². The number of aromatic nitrogens is 3. The molecule has 0 unspecified atom stereocenters. The molecule has 2 aromatic rings. The number of nitrogens with zero attached hydrogens (tertiary/aromatic N) is 4. The first-order valence-corrected chi connectivity index (χ1v) is 5.46. The number of carboxylic acids is 1. The molecule has 1 heterocycles. The Hall–Kier alpha value is -3.30. The van der Waals surface area contributed by atoms with Crippen LogP contribution >= 0.6 is 0 Å². The van der Waals surface area contributed by atoms with Gasteiger partial charge in [0.1, 0.15) is 6.33 Å². The Bertz CT molecular complexity index is 738. The van der Waals surface area contributed by atoms with Crippen molar-refractivity contribution in [1.29, 1.82) is 0 Å². The van der Waals surface area contributed by atoms with Gasteiger partial charge in [-0.15, -0.1) is 5.10 Å². The molecule has 0 radical (unpaired) electrons. The van der Waals surface area contributed by atoms with E-state index in [9.17, 15) is 19.7 Å². The second kappa shape index (κ2) is 5.36. The third kappa shape index (κ3) is 2.68. The molecule has 108 valence electrons. The van der Waals surface area contributed by atoms with Gasteiger partial charge in [-0.25, -0.2) is 19.3 Å². The Morgan fingerprint density at radius 3 is 2.71 bits per heavy atom. The zero-order chi connectivity index (χ0) is 15.6. The van der Waals surface area contributed by atoms with E-state index in [1.807, 2.05) is 0 Å². The summed E-state index contributed by atoms with van der Waals surface area (Å²) in [6.07, 6.45) is 1.07. The monoisotopic (exact) mass is 292 g/mol. The fourth-order valence-corrected chi connectivity index (χ4v) is 1.57. The summed E-state index contributed by atoms with van der Waals surface area (Å²) >= 11 is 0. The highest BCUT2D eigenvalue weighted by atomic mass is 16.6. The Balaban J connectivity index is 2.57. The molecule has 0 amide bonds. The van der Waals surface area contributed by atoms with Crippen LogP contribution in [0.3, 0.4) is 0 Å². The van der Waals surface area contributed by atoms with Crippen LogP contribution in [0, 0.1) is 10.1 Å². The summed E-state index contributed by atoms with van der Waals surface area (Å²) in [5.41, 5.74) is -0.619. The second-order valence-corrected chi connectivity index (χ2v) is 3.77. The maximum Gasteiger partial charge on any atom is 0.377 e. The van der Waals surface area contributed by atoms with E-state index in [0.29, 0.717) is 0 Å². The zero-order valence-electron chi connectivity index (χ0n) is 10.6. The van der Waals surface area contributed by atoms with Gasteiger partial charge in [-0.3, -0.25) is 10.1 Å². The lowest BCUT2D eigenvalue weighted by Crippen LogP contribution is -2.09. The predicted octanol–water partition coefficient (Wildman–Crippen LogP) is 0.660. The largest absolute Gasteiger partial charge is 0.478 e. The number of esters is 1. The Labute approximate surface area is 116 Å². The van der Waals surface area contributed by atoms with E-state index in [1.54, 1.807) is 0 Å². The van der Waals surface area contributed by atoms with Gasteiger partial charge in [0.2, 0.25) is 0 Å². The van der Waals surface area contributed by atoms with Crippen molar-refractivity contribution in [3.05, 3.63) is 46.0 Å². The number of hydrogen-bond acceptors (Lipinski definition) is 7. The quantitative estimate of drug-likeness (QED) is 0.492. The van der Waals surface area contributed by atoms with Crippen LogP contribution in [0.2, 0.25) is 0 Å². The van der Waals surface area contributed by atoms with Gasteiger partial charge >= 0.3 is 11.9 Å². The van der Waals surface area contributed by atoms with Crippen LogP contribution in [0.25, 0.3) is 5.69 Å². The molecular weight excluding hydrogens is 284 g/mol. The molecular formula is C11H8N4O6. The van der Waals surface area contributed by atoms with Crippen LogP contribution in [-0.2, 0) is 4.74 Å². The predicted molar refractivity (Wildman–Crippen MR) is 66.3 cm³/mol. The summed E-state index contributed by atoms with van der Waals surface area (Å²) in [7, 11) is 1.14. The smallest absolute Gasteiger partial charge is 0.377 e. The van der Waals surface area contributed by atoms with Gasteiger partial charge in [-0.2, -0.15) is 0 Å². The highest BCUT2D eigenvalue weighted by Gasteiger charge is 2.19. The van der Waals surface area contributed by atoms with E-state index >= 15 is 0 Å².